The molecule has 0 saturated heterocycles. The molecule has 33 heavy (non-hydrogen) atoms. The molecule has 0 aliphatic heterocycles. The van der Waals surface area contributed by atoms with Gasteiger partial charge in [-0.15, -0.1) is 0 Å². The highest BCUT2D eigenvalue weighted by molar-refractivity contribution is 5.77. The molecule has 0 aromatic heterocycles. The van der Waals surface area contributed by atoms with Crippen LogP contribution in [-0.2, 0) is 4.79 Å². The first-order chi connectivity index (χ1) is 15.2. The van der Waals surface area contributed by atoms with E-state index in [9.17, 15) is 15.0 Å². The lowest BCUT2D eigenvalue weighted by molar-refractivity contribution is -0.192. The number of aliphatic hydroxyl groups excluding tert-OH is 1. The smallest absolute Gasteiger partial charge is 0.310 e. The van der Waals surface area contributed by atoms with Crippen LogP contribution in [0.25, 0.3) is 0 Å². The number of fused-ring (bicyclic) bond motifs is 5. The number of carbonyl (C=O) groups is 1. The van der Waals surface area contributed by atoms with Crippen LogP contribution >= 0.6 is 0 Å². The second-order valence-corrected chi connectivity index (χ2v) is 15.3. The molecule has 0 bridgehead atoms. The number of hydrogen-bond acceptors (Lipinski definition) is 2. The van der Waals surface area contributed by atoms with E-state index in [0.29, 0.717) is 17.8 Å². The first-order valence-electron chi connectivity index (χ1n) is 13.9. The van der Waals surface area contributed by atoms with Gasteiger partial charge in [-0.1, -0.05) is 53.2 Å². The van der Waals surface area contributed by atoms with E-state index in [0.717, 1.165) is 44.9 Å². The summed E-state index contributed by atoms with van der Waals surface area (Å²) in [7, 11) is 0. The zero-order valence-electron chi connectivity index (χ0n) is 21.8. The Morgan fingerprint density at radius 3 is 2.33 bits per heavy atom. The molecule has 5 saturated carbocycles. The van der Waals surface area contributed by atoms with E-state index in [1.807, 2.05) is 0 Å². The zero-order valence-corrected chi connectivity index (χ0v) is 21.8. The first-order valence-corrected chi connectivity index (χ1v) is 13.9. The Balaban J connectivity index is 1.45. The van der Waals surface area contributed by atoms with Crippen molar-refractivity contribution in [2.45, 2.75) is 112 Å². The zero-order chi connectivity index (χ0) is 23.8. The fourth-order valence-electron chi connectivity index (χ4n) is 11.5. The third-order valence-electron chi connectivity index (χ3n) is 13.3. The molecular weight excluding hydrogens is 408 g/mol. The molecule has 6 aliphatic carbocycles. The van der Waals surface area contributed by atoms with Crippen molar-refractivity contribution >= 4 is 5.97 Å². The maximum atomic E-state index is 12.8. The molecule has 1 spiro atoms. The van der Waals surface area contributed by atoms with Gasteiger partial charge >= 0.3 is 5.97 Å². The van der Waals surface area contributed by atoms with Crippen LogP contribution in [0.5, 0.6) is 0 Å². The maximum absolute atomic E-state index is 12.8. The minimum absolute atomic E-state index is 0.0165. The van der Waals surface area contributed by atoms with Crippen molar-refractivity contribution in [3.05, 3.63) is 11.6 Å². The molecule has 0 radical (unpaired) electrons. The van der Waals surface area contributed by atoms with Crippen molar-refractivity contribution in [1.29, 1.82) is 0 Å². The predicted octanol–water partition coefficient (Wildman–Crippen LogP) is 6.84. The number of rotatable bonds is 1. The molecule has 0 aromatic rings. The van der Waals surface area contributed by atoms with E-state index in [4.69, 9.17) is 0 Å². The number of carboxylic acid groups (broad SMARTS) is 1. The number of aliphatic carboxylic acids is 1. The number of allylic oxidation sites excluding steroid dienone is 2. The van der Waals surface area contributed by atoms with E-state index in [2.05, 4.69) is 47.6 Å². The van der Waals surface area contributed by atoms with Crippen LogP contribution in [0.15, 0.2) is 11.6 Å². The van der Waals surface area contributed by atoms with E-state index in [1.165, 1.54) is 19.3 Å². The normalized spacial score (nSPS) is 55.6. The lowest BCUT2D eigenvalue weighted by Crippen LogP contribution is -2.63. The van der Waals surface area contributed by atoms with Crippen LogP contribution in [0.3, 0.4) is 0 Å². The number of aliphatic hydroxyl groups is 1. The van der Waals surface area contributed by atoms with Gasteiger partial charge in [0.25, 0.3) is 0 Å². The molecule has 6 rings (SSSR count). The van der Waals surface area contributed by atoms with Gasteiger partial charge < -0.3 is 10.2 Å². The van der Waals surface area contributed by atoms with Crippen LogP contribution < -0.4 is 0 Å². The minimum atomic E-state index is -0.521. The summed E-state index contributed by atoms with van der Waals surface area (Å²) in [6, 6.07) is 0. The minimum Gasteiger partial charge on any atom is -0.481 e. The summed E-state index contributed by atoms with van der Waals surface area (Å²) in [5, 5.41) is 21.4. The monoisotopic (exact) mass is 454 g/mol. The number of hydrogen-bond donors (Lipinski definition) is 2. The molecule has 3 nitrogen and oxygen atoms in total. The average Bonchev–Trinajstić information content (AvgIpc) is 3.44. The summed E-state index contributed by atoms with van der Waals surface area (Å²) in [5.41, 5.74) is 2.08. The van der Waals surface area contributed by atoms with Gasteiger partial charge in [0.15, 0.2) is 0 Å². The SMILES string of the molecule is CC1(C)CCC2(C(=O)O)CC3CC34C(=CCC3C5(C)CCC(O)C(C)(C)C5CCC34C)C2C1. The summed E-state index contributed by atoms with van der Waals surface area (Å²) < 4.78 is 0. The average molecular weight is 455 g/mol. The van der Waals surface area contributed by atoms with Gasteiger partial charge in [0.2, 0.25) is 0 Å². The fourth-order valence-corrected chi connectivity index (χ4v) is 11.5. The van der Waals surface area contributed by atoms with Crippen LogP contribution in [0.1, 0.15) is 106 Å². The summed E-state index contributed by atoms with van der Waals surface area (Å²) in [4.78, 5) is 12.8. The van der Waals surface area contributed by atoms with Crippen LogP contribution in [-0.4, -0.2) is 22.3 Å². The maximum Gasteiger partial charge on any atom is 0.310 e. The van der Waals surface area contributed by atoms with Crippen molar-refractivity contribution in [3.8, 4) is 0 Å². The Morgan fingerprint density at radius 2 is 1.64 bits per heavy atom. The van der Waals surface area contributed by atoms with Gasteiger partial charge in [-0.3, -0.25) is 4.79 Å². The van der Waals surface area contributed by atoms with Gasteiger partial charge in [-0.2, -0.15) is 0 Å². The molecule has 0 aromatic carbocycles. The van der Waals surface area contributed by atoms with Crippen molar-refractivity contribution < 1.29 is 15.0 Å². The van der Waals surface area contributed by atoms with Crippen LogP contribution in [0, 0.1) is 56.2 Å². The lowest BCUT2D eigenvalue weighted by Gasteiger charge is -2.68. The Morgan fingerprint density at radius 1 is 0.909 bits per heavy atom. The Labute approximate surface area is 200 Å². The van der Waals surface area contributed by atoms with Gasteiger partial charge in [0, 0.05) is 5.41 Å². The molecule has 9 atom stereocenters. The van der Waals surface area contributed by atoms with Crippen LogP contribution in [0.2, 0.25) is 0 Å². The summed E-state index contributed by atoms with van der Waals surface area (Å²) in [5.74, 6) is 1.50. The first kappa shape index (κ1) is 22.6. The standard InChI is InChI=1S/C30H46O3/c1-25(2)13-14-29(24(32)33)15-18-16-30(18)19(20(29)17-25)7-8-22-27(5)11-10-23(31)26(3,4)21(27)9-12-28(22,30)6/h7,18,20-23,31H,8-17H2,1-6H3,(H,32,33). The fraction of sp³-hybridized carbons (Fsp3) is 0.900. The van der Waals surface area contributed by atoms with Crippen molar-refractivity contribution in [1.82, 2.24) is 0 Å². The Kier molecular flexibility index (Phi) is 4.31. The quantitative estimate of drug-likeness (QED) is 0.426. The predicted molar refractivity (Wildman–Crippen MR) is 130 cm³/mol. The largest absolute Gasteiger partial charge is 0.481 e. The molecule has 6 aliphatic rings. The molecule has 5 fully saturated rings. The second kappa shape index (κ2) is 6.29. The summed E-state index contributed by atoms with van der Waals surface area (Å²) in [6.07, 6.45) is 13.1. The highest BCUT2D eigenvalue weighted by Gasteiger charge is 2.78. The molecule has 9 unspecified atom stereocenters. The van der Waals surface area contributed by atoms with Gasteiger partial charge in [-0.25, -0.2) is 0 Å². The molecule has 184 valence electrons. The van der Waals surface area contributed by atoms with Gasteiger partial charge in [0.05, 0.1) is 11.5 Å². The van der Waals surface area contributed by atoms with E-state index >= 15 is 0 Å². The third-order valence-corrected chi connectivity index (χ3v) is 13.3. The molecule has 0 heterocycles. The molecular formula is C30H46O3. The summed E-state index contributed by atoms with van der Waals surface area (Å²) >= 11 is 0. The highest BCUT2D eigenvalue weighted by Crippen LogP contribution is 2.84. The summed E-state index contributed by atoms with van der Waals surface area (Å²) in [6.45, 7) is 14.5. The topological polar surface area (TPSA) is 57.5 Å². The second-order valence-electron chi connectivity index (χ2n) is 15.3. The van der Waals surface area contributed by atoms with Crippen molar-refractivity contribution in [2.24, 2.45) is 56.2 Å². The van der Waals surface area contributed by atoms with Crippen molar-refractivity contribution in [2.75, 3.05) is 0 Å². The van der Waals surface area contributed by atoms with E-state index in [-0.39, 0.29) is 39.1 Å². The molecule has 0 amide bonds. The van der Waals surface area contributed by atoms with Gasteiger partial charge in [-0.05, 0) is 110 Å². The Bertz CT molecular complexity index is 931. The van der Waals surface area contributed by atoms with E-state index < -0.39 is 11.4 Å². The highest BCUT2D eigenvalue weighted by atomic mass is 16.4. The number of carboxylic acids is 1. The molecule has 3 heteroatoms. The van der Waals surface area contributed by atoms with Crippen LogP contribution in [0.4, 0.5) is 0 Å². The van der Waals surface area contributed by atoms with Crippen molar-refractivity contribution in [3.63, 3.8) is 0 Å². The third kappa shape index (κ3) is 2.49. The van der Waals surface area contributed by atoms with E-state index in [1.54, 1.807) is 5.57 Å². The van der Waals surface area contributed by atoms with Gasteiger partial charge in [0.1, 0.15) is 0 Å². The Hall–Kier alpha value is -0.830. The lowest BCUT2D eigenvalue weighted by atomic mass is 9.36. The molecule has 2 N–H and O–H groups in total.